The zero-order valence-corrected chi connectivity index (χ0v) is 10.3. The van der Waals surface area contributed by atoms with E-state index in [0.29, 0.717) is 18.4 Å². The molecule has 0 aromatic heterocycles. The molecule has 0 atom stereocenters. The van der Waals surface area contributed by atoms with E-state index in [2.05, 4.69) is 5.32 Å². The van der Waals surface area contributed by atoms with Crippen molar-refractivity contribution in [1.29, 1.82) is 0 Å². The van der Waals surface area contributed by atoms with Crippen LogP contribution >= 0.6 is 11.8 Å². The quantitative estimate of drug-likeness (QED) is 0.469. The predicted molar refractivity (Wildman–Crippen MR) is 66.9 cm³/mol. The van der Waals surface area contributed by atoms with E-state index in [1.165, 1.54) is 11.8 Å². The summed E-state index contributed by atoms with van der Waals surface area (Å²) in [5.74, 6) is -1.60. The molecule has 0 aliphatic rings. The number of carboxylic acid groups (broad SMARTS) is 1. The van der Waals surface area contributed by atoms with E-state index < -0.39 is 28.0 Å². The number of halogens is 1. The van der Waals surface area contributed by atoms with Gasteiger partial charge in [-0.15, -0.1) is 0 Å². The van der Waals surface area contributed by atoms with Crippen molar-refractivity contribution >= 4 is 29.1 Å². The van der Waals surface area contributed by atoms with E-state index in [-0.39, 0.29) is 5.69 Å². The first-order chi connectivity index (χ1) is 8.47. The van der Waals surface area contributed by atoms with Crippen LogP contribution in [-0.4, -0.2) is 34.6 Å². The van der Waals surface area contributed by atoms with Crippen molar-refractivity contribution in [3.8, 4) is 0 Å². The van der Waals surface area contributed by atoms with Crippen LogP contribution in [0.1, 0.15) is 10.4 Å². The Balaban J connectivity index is 3.11. The second kappa shape index (κ2) is 6.20. The van der Waals surface area contributed by atoms with Gasteiger partial charge in [-0.25, -0.2) is 9.18 Å². The van der Waals surface area contributed by atoms with Crippen LogP contribution < -0.4 is 5.32 Å². The summed E-state index contributed by atoms with van der Waals surface area (Å²) < 4.78 is 13.5. The van der Waals surface area contributed by atoms with E-state index in [0.717, 1.165) is 6.07 Å². The molecule has 0 aliphatic carbocycles. The lowest BCUT2D eigenvalue weighted by atomic mass is 10.1. The van der Waals surface area contributed by atoms with Gasteiger partial charge in [-0.05, 0) is 12.3 Å². The molecule has 0 saturated heterocycles. The number of nitro benzene ring substituents is 1. The standard InChI is InChI=1S/C10H11FN2O4S/c1-18-3-2-12-8-4-6(10(14)15)9(13(16)17)5-7(8)11/h4-5,12H,2-3H2,1H3,(H,14,15). The molecule has 0 saturated carbocycles. The zero-order valence-electron chi connectivity index (χ0n) is 9.47. The van der Waals surface area contributed by atoms with E-state index >= 15 is 0 Å². The fraction of sp³-hybridized carbons (Fsp3) is 0.300. The van der Waals surface area contributed by atoms with E-state index in [9.17, 15) is 19.3 Å². The van der Waals surface area contributed by atoms with Crippen LogP contribution in [0.15, 0.2) is 12.1 Å². The lowest BCUT2D eigenvalue weighted by molar-refractivity contribution is -0.385. The molecular weight excluding hydrogens is 263 g/mol. The number of hydrogen-bond donors (Lipinski definition) is 2. The number of anilines is 1. The van der Waals surface area contributed by atoms with Gasteiger partial charge in [0.15, 0.2) is 5.82 Å². The van der Waals surface area contributed by atoms with Crippen molar-refractivity contribution in [3.05, 3.63) is 33.6 Å². The van der Waals surface area contributed by atoms with Crippen molar-refractivity contribution in [2.75, 3.05) is 23.9 Å². The minimum Gasteiger partial charge on any atom is -0.477 e. The molecule has 2 N–H and O–H groups in total. The molecule has 8 heteroatoms. The number of rotatable bonds is 6. The first kappa shape index (κ1) is 14.2. The number of carboxylic acids is 1. The Labute approximate surface area is 106 Å². The molecule has 0 amide bonds. The molecule has 18 heavy (non-hydrogen) atoms. The Hall–Kier alpha value is -1.83. The maximum Gasteiger partial charge on any atom is 0.342 e. The Morgan fingerprint density at radius 1 is 1.61 bits per heavy atom. The molecule has 0 fully saturated rings. The number of thioether (sulfide) groups is 1. The summed E-state index contributed by atoms with van der Waals surface area (Å²) in [5.41, 5.74) is -1.34. The largest absolute Gasteiger partial charge is 0.477 e. The Morgan fingerprint density at radius 3 is 2.78 bits per heavy atom. The molecule has 6 nitrogen and oxygen atoms in total. The number of benzene rings is 1. The highest BCUT2D eigenvalue weighted by atomic mass is 32.2. The fourth-order valence-corrected chi connectivity index (χ4v) is 1.61. The van der Waals surface area contributed by atoms with Crippen molar-refractivity contribution in [2.24, 2.45) is 0 Å². The molecule has 0 unspecified atom stereocenters. The summed E-state index contributed by atoms with van der Waals surface area (Å²) in [4.78, 5) is 20.5. The lowest BCUT2D eigenvalue weighted by Crippen LogP contribution is -2.09. The summed E-state index contributed by atoms with van der Waals surface area (Å²) in [7, 11) is 0. The third-order valence-corrected chi connectivity index (χ3v) is 2.75. The highest BCUT2D eigenvalue weighted by molar-refractivity contribution is 7.98. The highest BCUT2D eigenvalue weighted by Crippen LogP contribution is 2.26. The molecule has 1 aromatic carbocycles. The van der Waals surface area contributed by atoms with Crippen LogP contribution in [0.5, 0.6) is 0 Å². The van der Waals surface area contributed by atoms with Crippen LogP contribution in [0.4, 0.5) is 15.8 Å². The fourth-order valence-electron chi connectivity index (χ4n) is 1.31. The number of nitrogens with zero attached hydrogens (tertiary/aromatic N) is 1. The van der Waals surface area contributed by atoms with E-state index in [4.69, 9.17) is 5.11 Å². The molecule has 0 spiro atoms. The molecular formula is C10H11FN2O4S. The van der Waals surface area contributed by atoms with Crippen LogP contribution in [0.2, 0.25) is 0 Å². The van der Waals surface area contributed by atoms with Crippen molar-refractivity contribution < 1.29 is 19.2 Å². The average molecular weight is 274 g/mol. The minimum atomic E-state index is -1.46. The summed E-state index contributed by atoms with van der Waals surface area (Å²) in [6.07, 6.45) is 1.87. The topological polar surface area (TPSA) is 92.5 Å². The number of carbonyl (C=O) groups is 1. The van der Waals surface area contributed by atoms with Gasteiger partial charge in [-0.1, -0.05) is 0 Å². The van der Waals surface area contributed by atoms with Gasteiger partial charge in [0.1, 0.15) is 5.56 Å². The number of nitro groups is 1. The summed E-state index contributed by atoms with van der Waals surface area (Å²) in [6.45, 7) is 0.439. The van der Waals surface area contributed by atoms with Gasteiger partial charge in [-0.2, -0.15) is 11.8 Å². The highest BCUT2D eigenvalue weighted by Gasteiger charge is 2.23. The van der Waals surface area contributed by atoms with Crippen molar-refractivity contribution in [1.82, 2.24) is 0 Å². The summed E-state index contributed by atoms with van der Waals surface area (Å²) >= 11 is 1.54. The SMILES string of the molecule is CSCCNc1cc(C(=O)O)c([N+](=O)[O-])cc1F. The molecule has 0 bridgehead atoms. The first-order valence-electron chi connectivity index (χ1n) is 4.91. The van der Waals surface area contributed by atoms with Crippen LogP contribution in [0, 0.1) is 15.9 Å². The molecule has 98 valence electrons. The van der Waals surface area contributed by atoms with Crippen LogP contribution in [0.3, 0.4) is 0 Å². The van der Waals surface area contributed by atoms with Gasteiger partial charge in [0.2, 0.25) is 0 Å². The average Bonchev–Trinajstić information content (AvgIpc) is 2.30. The normalized spacial score (nSPS) is 10.1. The molecule has 0 heterocycles. The van der Waals surface area contributed by atoms with Crippen molar-refractivity contribution in [2.45, 2.75) is 0 Å². The van der Waals surface area contributed by atoms with Crippen molar-refractivity contribution in [3.63, 3.8) is 0 Å². The molecule has 0 aliphatic heterocycles. The third kappa shape index (κ3) is 3.33. The molecule has 1 rings (SSSR count). The Morgan fingerprint density at radius 2 is 2.28 bits per heavy atom. The number of aromatic carboxylic acids is 1. The summed E-state index contributed by atoms with van der Waals surface area (Å²) in [5, 5.41) is 22.1. The first-order valence-corrected chi connectivity index (χ1v) is 6.30. The predicted octanol–water partition coefficient (Wildman–Crippen LogP) is 2.21. The number of hydrogen-bond acceptors (Lipinski definition) is 5. The van der Waals surface area contributed by atoms with Gasteiger partial charge in [0.25, 0.3) is 5.69 Å². The van der Waals surface area contributed by atoms with Crippen LogP contribution in [-0.2, 0) is 0 Å². The van der Waals surface area contributed by atoms with Gasteiger partial charge in [0, 0.05) is 12.3 Å². The van der Waals surface area contributed by atoms with Gasteiger partial charge < -0.3 is 10.4 Å². The zero-order chi connectivity index (χ0) is 13.7. The monoisotopic (exact) mass is 274 g/mol. The second-order valence-corrected chi connectivity index (χ2v) is 4.32. The third-order valence-electron chi connectivity index (χ3n) is 2.13. The molecule has 1 aromatic rings. The maximum atomic E-state index is 13.5. The van der Waals surface area contributed by atoms with Gasteiger partial charge in [0.05, 0.1) is 16.7 Å². The van der Waals surface area contributed by atoms with E-state index in [1.54, 1.807) is 0 Å². The van der Waals surface area contributed by atoms with E-state index in [1.807, 2.05) is 6.26 Å². The minimum absolute atomic E-state index is 0.0490. The smallest absolute Gasteiger partial charge is 0.342 e. The lowest BCUT2D eigenvalue weighted by Gasteiger charge is -2.08. The van der Waals surface area contributed by atoms with Crippen LogP contribution in [0.25, 0.3) is 0 Å². The summed E-state index contributed by atoms with van der Waals surface area (Å²) in [6, 6.07) is 1.56. The maximum absolute atomic E-state index is 13.5. The van der Waals surface area contributed by atoms with Gasteiger partial charge >= 0.3 is 5.97 Å². The molecule has 0 radical (unpaired) electrons. The van der Waals surface area contributed by atoms with Gasteiger partial charge in [-0.3, -0.25) is 10.1 Å². The number of nitrogens with one attached hydrogen (secondary N) is 1. The Kier molecular flexibility index (Phi) is 4.90. The Bertz CT molecular complexity index is 481. The second-order valence-electron chi connectivity index (χ2n) is 3.33.